The Morgan fingerprint density at radius 3 is 2.16 bits per heavy atom. The van der Waals surface area contributed by atoms with E-state index in [2.05, 4.69) is 0 Å². The van der Waals surface area contributed by atoms with Crippen molar-refractivity contribution >= 4 is 11.8 Å². The molecule has 1 aromatic rings. The highest BCUT2D eigenvalue weighted by Crippen LogP contribution is 2.36. The Kier molecular flexibility index (Phi) is 6.98. The smallest absolute Gasteiger partial charge is 0.378 e. The second kappa shape index (κ2) is 9.18. The van der Waals surface area contributed by atoms with Crippen molar-refractivity contribution in [2.24, 2.45) is 11.3 Å². The molecule has 8 heteroatoms. The van der Waals surface area contributed by atoms with Crippen LogP contribution in [0.3, 0.4) is 0 Å². The number of alkyl halides is 3. The van der Waals surface area contributed by atoms with Crippen LogP contribution >= 0.6 is 0 Å². The first-order valence-corrected chi connectivity index (χ1v) is 10.8. The number of ketones is 1. The van der Waals surface area contributed by atoms with E-state index >= 15 is 0 Å². The molecule has 2 amide bonds. The van der Waals surface area contributed by atoms with E-state index in [0.29, 0.717) is 52.2 Å². The molecule has 0 bridgehead atoms. The van der Waals surface area contributed by atoms with Crippen LogP contribution in [0, 0.1) is 11.3 Å². The summed E-state index contributed by atoms with van der Waals surface area (Å²) in [6.45, 7) is 8.57. The van der Waals surface area contributed by atoms with Crippen LogP contribution in [0.2, 0.25) is 0 Å². The highest BCUT2D eigenvalue weighted by atomic mass is 19.4. The molecule has 2 heterocycles. The number of carbonyl (C=O) groups excluding carboxylic acids is 2. The zero-order valence-electron chi connectivity index (χ0n) is 18.4. The Hall–Kier alpha value is -2.09. The molecule has 0 radical (unpaired) electrons. The van der Waals surface area contributed by atoms with Gasteiger partial charge >= 0.3 is 12.2 Å². The third-order valence-corrected chi connectivity index (χ3v) is 6.11. The summed E-state index contributed by atoms with van der Waals surface area (Å²) in [4.78, 5) is 29.3. The molecule has 0 saturated carbocycles. The second-order valence-corrected chi connectivity index (χ2v) is 9.58. The lowest BCUT2D eigenvalue weighted by molar-refractivity contribution is -0.137. The summed E-state index contributed by atoms with van der Waals surface area (Å²) >= 11 is 0. The number of hydrogen-bond donors (Lipinski definition) is 0. The molecule has 0 aliphatic carbocycles. The van der Waals surface area contributed by atoms with Gasteiger partial charge in [-0.2, -0.15) is 13.2 Å². The van der Waals surface area contributed by atoms with Gasteiger partial charge in [-0.15, -0.1) is 0 Å². The number of nitrogens with zero attached hydrogens (tertiary/aromatic N) is 2. The molecule has 172 valence electrons. The van der Waals surface area contributed by atoms with Crippen LogP contribution in [-0.2, 0) is 15.7 Å². The van der Waals surface area contributed by atoms with E-state index < -0.39 is 17.2 Å². The van der Waals surface area contributed by atoms with Crippen molar-refractivity contribution in [3.8, 4) is 0 Å². The minimum Gasteiger partial charge on any atom is -0.378 e. The number of piperidine rings is 1. The van der Waals surface area contributed by atoms with Crippen LogP contribution < -0.4 is 0 Å². The molecule has 3 rings (SSSR count). The lowest BCUT2D eigenvalue weighted by Crippen LogP contribution is -2.52. The summed E-state index contributed by atoms with van der Waals surface area (Å²) in [5.41, 5.74) is -0.395. The number of rotatable bonds is 3. The summed E-state index contributed by atoms with van der Waals surface area (Å²) < 4.78 is 44.2. The number of benzene rings is 1. The Labute approximate surface area is 181 Å². The molecular formula is C23H31F3N2O3. The maximum absolute atomic E-state index is 13.1. The van der Waals surface area contributed by atoms with Gasteiger partial charge in [0.15, 0.2) is 0 Å². The van der Waals surface area contributed by atoms with Gasteiger partial charge in [0, 0.05) is 43.9 Å². The van der Waals surface area contributed by atoms with Crippen LogP contribution in [-0.4, -0.2) is 61.0 Å². The molecule has 0 aromatic heterocycles. The first kappa shape index (κ1) is 23.6. The summed E-state index contributed by atoms with van der Waals surface area (Å²) in [7, 11) is 0. The van der Waals surface area contributed by atoms with Crippen LogP contribution in [0.5, 0.6) is 0 Å². The van der Waals surface area contributed by atoms with E-state index in [1.807, 2.05) is 20.8 Å². The van der Waals surface area contributed by atoms with Gasteiger partial charge in [-0.3, -0.25) is 4.79 Å². The summed E-state index contributed by atoms with van der Waals surface area (Å²) in [6, 6.07) is 5.09. The molecule has 0 spiro atoms. The van der Waals surface area contributed by atoms with Gasteiger partial charge in [-0.25, -0.2) is 4.79 Å². The SMILES string of the molecule is CC(C)(C)C(=O)CC1CC(c2ccc(C(F)(F)F)cc2)CN(C(=O)N2CCOCC2)C1. The number of morpholine rings is 1. The van der Waals surface area contributed by atoms with Crippen molar-refractivity contribution in [1.82, 2.24) is 9.80 Å². The predicted octanol–water partition coefficient (Wildman–Crippen LogP) is 4.57. The van der Waals surface area contributed by atoms with E-state index in [1.54, 1.807) is 9.80 Å². The molecule has 2 atom stereocenters. The number of carbonyl (C=O) groups is 2. The third-order valence-electron chi connectivity index (χ3n) is 6.11. The number of hydrogen-bond acceptors (Lipinski definition) is 3. The monoisotopic (exact) mass is 440 g/mol. The lowest BCUT2D eigenvalue weighted by Gasteiger charge is -2.41. The third kappa shape index (κ3) is 5.99. The van der Waals surface area contributed by atoms with Gasteiger partial charge in [0.25, 0.3) is 0 Å². The van der Waals surface area contributed by atoms with E-state index in [4.69, 9.17) is 4.74 Å². The Morgan fingerprint density at radius 2 is 1.61 bits per heavy atom. The summed E-state index contributed by atoms with van der Waals surface area (Å²) in [6.07, 6.45) is -3.36. The van der Waals surface area contributed by atoms with Gasteiger partial charge in [-0.05, 0) is 30.0 Å². The van der Waals surface area contributed by atoms with Gasteiger partial charge in [-0.1, -0.05) is 32.9 Å². The first-order valence-electron chi connectivity index (χ1n) is 10.8. The van der Waals surface area contributed by atoms with E-state index in [1.165, 1.54) is 12.1 Å². The topological polar surface area (TPSA) is 49.9 Å². The predicted molar refractivity (Wildman–Crippen MR) is 111 cm³/mol. The normalized spacial score (nSPS) is 23.0. The molecule has 0 N–H and O–H groups in total. The summed E-state index contributed by atoms with van der Waals surface area (Å²) in [5, 5.41) is 0. The van der Waals surface area contributed by atoms with Crippen LogP contribution in [0.15, 0.2) is 24.3 Å². The second-order valence-electron chi connectivity index (χ2n) is 9.58. The van der Waals surface area contributed by atoms with Crippen molar-refractivity contribution in [2.45, 2.75) is 45.7 Å². The minimum atomic E-state index is -4.38. The molecule has 2 aliphatic rings. The van der Waals surface area contributed by atoms with Crippen LogP contribution in [0.4, 0.5) is 18.0 Å². The minimum absolute atomic E-state index is 0.0299. The number of halogens is 3. The molecular weight excluding hydrogens is 409 g/mol. The van der Waals surface area contributed by atoms with Gasteiger partial charge in [0.05, 0.1) is 18.8 Å². The Bertz CT molecular complexity index is 781. The quantitative estimate of drug-likeness (QED) is 0.692. The fourth-order valence-corrected chi connectivity index (χ4v) is 4.22. The molecule has 2 fully saturated rings. The number of likely N-dealkylation sites (tertiary alicyclic amines) is 1. The molecule has 2 unspecified atom stereocenters. The molecule has 1 aromatic carbocycles. The lowest BCUT2D eigenvalue weighted by atomic mass is 9.78. The zero-order valence-corrected chi connectivity index (χ0v) is 18.4. The van der Waals surface area contributed by atoms with Crippen LogP contribution in [0.1, 0.15) is 50.7 Å². The van der Waals surface area contributed by atoms with Crippen molar-refractivity contribution in [2.75, 3.05) is 39.4 Å². The zero-order chi connectivity index (χ0) is 22.8. The molecule has 31 heavy (non-hydrogen) atoms. The first-order chi connectivity index (χ1) is 14.4. The average Bonchev–Trinajstić information content (AvgIpc) is 2.72. The van der Waals surface area contributed by atoms with Gasteiger partial charge < -0.3 is 14.5 Å². The van der Waals surface area contributed by atoms with E-state index in [0.717, 1.165) is 17.7 Å². The molecule has 2 saturated heterocycles. The van der Waals surface area contributed by atoms with Crippen molar-refractivity contribution < 1.29 is 27.5 Å². The number of amides is 2. The van der Waals surface area contributed by atoms with Gasteiger partial charge in [0.2, 0.25) is 0 Å². The number of urea groups is 1. The van der Waals surface area contributed by atoms with Gasteiger partial charge in [0.1, 0.15) is 5.78 Å². The fourth-order valence-electron chi connectivity index (χ4n) is 4.22. The fraction of sp³-hybridized carbons (Fsp3) is 0.652. The number of Topliss-reactive ketones (excluding diaryl/α,β-unsaturated/α-hetero) is 1. The van der Waals surface area contributed by atoms with Crippen molar-refractivity contribution in [1.29, 1.82) is 0 Å². The largest absolute Gasteiger partial charge is 0.416 e. The summed E-state index contributed by atoms with van der Waals surface area (Å²) in [5.74, 6) is -0.0131. The van der Waals surface area contributed by atoms with E-state index in [-0.39, 0.29) is 23.7 Å². The average molecular weight is 441 g/mol. The highest BCUT2D eigenvalue weighted by molar-refractivity contribution is 5.84. The molecule has 2 aliphatic heterocycles. The van der Waals surface area contributed by atoms with Crippen molar-refractivity contribution in [3.63, 3.8) is 0 Å². The van der Waals surface area contributed by atoms with E-state index in [9.17, 15) is 22.8 Å². The van der Waals surface area contributed by atoms with Crippen molar-refractivity contribution in [3.05, 3.63) is 35.4 Å². The standard InChI is InChI=1S/C23H31F3N2O3/c1-22(2,3)20(29)13-16-12-18(17-4-6-19(7-5-17)23(24,25)26)15-28(14-16)21(30)27-8-10-31-11-9-27/h4-7,16,18H,8-15H2,1-3H3. The number of ether oxygens (including phenoxy) is 1. The Morgan fingerprint density at radius 1 is 1.00 bits per heavy atom. The Balaban J connectivity index is 1.80. The maximum atomic E-state index is 13.1. The van der Waals surface area contributed by atoms with Crippen LogP contribution in [0.25, 0.3) is 0 Å². The molecule has 5 nitrogen and oxygen atoms in total. The highest BCUT2D eigenvalue weighted by Gasteiger charge is 2.36. The maximum Gasteiger partial charge on any atom is 0.416 e.